The Morgan fingerprint density at radius 3 is 2.62 bits per heavy atom. The largest absolute Gasteiger partial charge is 0.488 e. The molecule has 0 aliphatic carbocycles. The predicted molar refractivity (Wildman–Crippen MR) is 122 cm³/mol. The molecule has 0 spiro atoms. The third-order valence-electron chi connectivity index (χ3n) is 5.79. The first-order valence-corrected chi connectivity index (χ1v) is 10.6. The SMILES string of the molecule is CCn1cc(C=C2Oc3c(ccc(OCc4ccc(F)cc4)c3C)C2=O)c2ccccc21. The molecule has 3 aromatic carbocycles. The maximum absolute atomic E-state index is 13.1. The van der Waals surface area contributed by atoms with Crippen molar-refractivity contribution < 1.29 is 18.7 Å². The summed E-state index contributed by atoms with van der Waals surface area (Å²) >= 11 is 0. The van der Waals surface area contributed by atoms with Gasteiger partial charge in [0.05, 0.1) is 5.56 Å². The van der Waals surface area contributed by atoms with E-state index in [0.29, 0.717) is 29.4 Å². The van der Waals surface area contributed by atoms with E-state index < -0.39 is 0 Å². The quantitative estimate of drug-likeness (QED) is 0.351. The summed E-state index contributed by atoms with van der Waals surface area (Å²) in [5.41, 5.74) is 4.22. The van der Waals surface area contributed by atoms with Gasteiger partial charge >= 0.3 is 0 Å². The Labute approximate surface area is 185 Å². The monoisotopic (exact) mass is 427 g/mol. The summed E-state index contributed by atoms with van der Waals surface area (Å²) in [5.74, 6) is 1.04. The Bertz CT molecular complexity index is 1370. The van der Waals surface area contributed by atoms with Crippen LogP contribution in [0.1, 0.15) is 34.0 Å². The van der Waals surface area contributed by atoms with E-state index in [1.807, 2.05) is 37.4 Å². The number of hydrogen-bond acceptors (Lipinski definition) is 3. The first kappa shape index (κ1) is 20.1. The van der Waals surface area contributed by atoms with Crippen LogP contribution in [0.15, 0.2) is 72.6 Å². The number of allylic oxidation sites excluding steroid dienone is 1. The fourth-order valence-corrected chi connectivity index (χ4v) is 4.06. The lowest BCUT2D eigenvalue weighted by atomic mass is 10.1. The van der Waals surface area contributed by atoms with Crippen molar-refractivity contribution in [1.82, 2.24) is 4.57 Å². The number of Topliss-reactive ketones (excluding diaryl/α,β-unsaturated/α-hetero) is 1. The Morgan fingerprint density at radius 2 is 1.84 bits per heavy atom. The molecular weight excluding hydrogens is 405 g/mol. The number of para-hydroxylation sites is 1. The average Bonchev–Trinajstić information content (AvgIpc) is 3.33. The van der Waals surface area contributed by atoms with E-state index in [9.17, 15) is 9.18 Å². The number of fused-ring (bicyclic) bond motifs is 2. The van der Waals surface area contributed by atoms with Gasteiger partial charge < -0.3 is 14.0 Å². The minimum absolute atomic E-state index is 0.137. The van der Waals surface area contributed by atoms with Crippen molar-refractivity contribution in [2.45, 2.75) is 27.0 Å². The van der Waals surface area contributed by atoms with Crippen molar-refractivity contribution in [2.75, 3.05) is 0 Å². The van der Waals surface area contributed by atoms with Crippen LogP contribution in [0.5, 0.6) is 11.5 Å². The molecule has 0 atom stereocenters. The number of nitrogens with zero attached hydrogens (tertiary/aromatic N) is 1. The van der Waals surface area contributed by atoms with Gasteiger partial charge in [0.2, 0.25) is 5.78 Å². The molecule has 4 nitrogen and oxygen atoms in total. The van der Waals surface area contributed by atoms with Crippen LogP contribution in [0.2, 0.25) is 0 Å². The van der Waals surface area contributed by atoms with E-state index in [2.05, 4.69) is 17.6 Å². The van der Waals surface area contributed by atoms with Gasteiger partial charge in [-0.05, 0) is 55.8 Å². The Kier molecular flexibility index (Phi) is 5.02. The second-order valence-electron chi connectivity index (χ2n) is 7.81. The molecule has 1 aliphatic heterocycles. The minimum atomic E-state index is -0.282. The van der Waals surface area contributed by atoms with E-state index in [-0.39, 0.29) is 11.6 Å². The smallest absolute Gasteiger partial charge is 0.231 e. The molecule has 160 valence electrons. The van der Waals surface area contributed by atoms with Crippen LogP contribution in [0, 0.1) is 12.7 Å². The number of carbonyl (C=O) groups excluding carboxylic acids is 1. The van der Waals surface area contributed by atoms with Gasteiger partial charge in [0.1, 0.15) is 23.9 Å². The van der Waals surface area contributed by atoms with Gasteiger partial charge in [0.25, 0.3) is 0 Å². The molecule has 0 fully saturated rings. The van der Waals surface area contributed by atoms with Crippen molar-refractivity contribution in [3.05, 3.63) is 101 Å². The van der Waals surface area contributed by atoms with Crippen LogP contribution in [0.4, 0.5) is 4.39 Å². The zero-order chi connectivity index (χ0) is 22.2. The number of rotatable bonds is 5. The van der Waals surface area contributed by atoms with Crippen LogP contribution >= 0.6 is 0 Å². The highest BCUT2D eigenvalue weighted by molar-refractivity contribution is 6.15. The lowest BCUT2D eigenvalue weighted by Crippen LogP contribution is -1.98. The fraction of sp³-hybridized carbons (Fsp3) is 0.148. The van der Waals surface area contributed by atoms with Crippen LogP contribution in [0.25, 0.3) is 17.0 Å². The molecule has 0 unspecified atom stereocenters. The maximum Gasteiger partial charge on any atom is 0.231 e. The Balaban J connectivity index is 1.43. The van der Waals surface area contributed by atoms with Crippen LogP contribution < -0.4 is 9.47 Å². The van der Waals surface area contributed by atoms with Gasteiger partial charge in [-0.1, -0.05) is 30.3 Å². The Hall–Kier alpha value is -3.86. The Morgan fingerprint density at radius 1 is 1.06 bits per heavy atom. The highest BCUT2D eigenvalue weighted by atomic mass is 19.1. The summed E-state index contributed by atoms with van der Waals surface area (Å²) in [7, 11) is 0. The third-order valence-corrected chi connectivity index (χ3v) is 5.79. The molecule has 5 heteroatoms. The maximum atomic E-state index is 13.1. The molecule has 0 saturated carbocycles. The summed E-state index contributed by atoms with van der Waals surface area (Å²) in [6.07, 6.45) is 3.86. The molecule has 0 radical (unpaired) electrons. The normalized spacial score (nSPS) is 14.1. The number of halogens is 1. The number of aromatic nitrogens is 1. The van der Waals surface area contributed by atoms with E-state index in [1.54, 1.807) is 24.3 Å². The molecule has 0 bridgehead atoms. The van der Waals surface area contributed by atoms with E-state index in [4.69, 9.17) is 9.47 Å². The molecule has 5 rings (SSSR count). The summed E-state index contributed by atoms with van der Waals surface area (Å²) in [4.78, 5) is 13.0. The van der Waals surface area contributed by atoms with Gasteiger partial charge in [0.15, 0.2) is 5.76 Å². The first-order chi connectivity index (χ1) is 15.5. The number of benzene rings is 3. The predicted octanol–water partition coefficient (Wildman–Crippen LogP) is 6.30. The molecule has 4 aromatic rings. The number of hydrogen-bond donors (Lipinski definition) is 0. The lowest BCUT2D eigenvalue weighted by Gasteiger charge is -2.11. The molecule has 0 N–H and O–H groups in total. The minimum Gasteiger partial charge on any atom is -0.488 e. The van der Waals surface area contributed by atoms with Gasteiger partial charge in [-0.15, -0.1) is 0 Å². The zero-order valence-electron chi connectivity index (χ0n) is 17.9. The second-order valence-corrected chi connectivity index (χ2v) is 7.81. The summed E-state index contributed by atoms with van der Waals surface area (Å²) in [6, 6.07) is 17.8. The lowest BCUT2D eigenvalue weighted by molar-refractivity contribution is 0.101. The topological polar surface area (TPSA) is 40.5 Å². The van der Waals surface area contributed by atoms with E-state index >= 15 is 0 Å². The van der Waals surface area contributed by atoms with Crippen molar-refractivity contribution in [2.24, 2.45) is 0 Å². The highest BCUT2D eigenvalue weighted by Gasteiger charge is 2.30. The molecule has 0 saturated heterocycles. The van der Waals surface area contributed by atoms with E-state index in [1.165, 1.54) is 12.1 Å². The van der Waals surface area contributed by atoms with Gasteiger partial charge in [-0.25, -0.2) is 4.39 Å². The number of aryl methyl sites for hydroxylation is 1. The zero-order valence-corrected chi connectivity index (χ0v) is 17.9. The number of ether oxygens (including phenoxy) is 2. The first-order valence-electron chi connectivity index (χ1n) is 10.6. The van der Waals surface area contributed by atoms with Gasteiger partial charge in [-0.2, -0.15) is 0 Å². The fourth-order valence-electron chi connectivity index (χ4n) is 4.06. The summed E-state index contributed by atoms with van der Waals surface area (Å²) in [6.45, 7) is 5.10. The number of carbonyl (C=O) groups is 1. The van der Waals surface area contributed by atoms with E-state index in [0.717, 1.165) is 34.1 Å². The highest BCUT2D eigenvalue weighted by Crippen LogP contribution is 2.40. The molecule has 32 heavy (non-hydrogen) atoms. The molecular formula is C27H22FNO3. The van der Waals surface area contributed by atoms with Crippen molar-refractivity contribution in [3.63, 3.8) is 0 Å². The molecule has 0 amide bonds. The summed E-state index contributed by atoms with van der Waals surface area (Å²) < 4.78 is 27.2. The standard InChI is InChI=1S/C27H22FNO3/c1-3-29-15-19(21-6-4-5-7-23(21)29)14-25-26(30)22-12-13-24(17(2)27(22)32-25)31-16-18-8-10-20(28)11-9-18/h4-15H,3,16H2,1-2H3. The molecule has 1 aliphatic rings. The van der Waals surface area contributed by atoms with Crippen molar-refractivity contribution in [1.29, 1.82) is 0 Å². The van der Waals surface area contributed by atoms with Crippen LogP contribution in [-0.2, 0) is 13.2 Å². The third kappa shape index (κ3) is 3.46. The van der Waals surface area contributed by atoms with Gasteiger partial charge in [-0.3, -0.25) is 4.79 Å². The van der Waals surface area contributed by atoms with Gasteiger partial charge in [0, 0.05) is 34.8 Å². The average molecular weight is 427 g/mol. The van der Waals surface area contributed by atoms with Crippen LogP contribution in [0.3, 0.4) is 0 Å². The van der Waals surface area contributed by atoms with Crippen LogP contribution in [-0.4, -0.2) is 10.4 Å². The molecule has 1 aromatic heterocycles. The van der Waals surface area contributed by atoms with Crippen molar-refractivity contribution >= 4 is 22.8 Å². The summed E-state index contributed by atoms with van der Waals surface area (Å²) in [5, 5.41) is 1.08. The number of ketones is 1. The second kappa shape index (κ2) is 8.00. The van der Waals surface area contributed by atoms with Crippen molar-refractivity contribution in [3.8, 4) is 11.5 Å². The molecule has 2 heterocycles.